The van der Waals surface area contributed by atoms with Crippen molar-refractivity contribution in [2.24, 2.45) is 0 Å². The van der Waals surface area contributed by atoms with Crippen LogP contribution in [0.25, 0.3) is 0 Å². The number of rotatable bonds is 5. The molecule has 0 spiro atoms. The highest BCUT2D eigenvalue weighted by atomic mass is 32.2. The van der Waals surface area contributed by atoms with Crippen molar-refractivity contribution in [2.45, 2.75) is 37.2 Å². The predicted molar refractivity (Wildman–Crippen MR) is 91.1 cm³/mol. The van der Waals surface area contributed by atoms with E-state index in [1.807, 2.05) is 0 Å². The Hall–Kier alpha value is -1.45. The van der Waals surface area contributed by atoms with Crippen molar-refractivity contribution in [1.82, 2.24) is 9.62 Å². The molecule has 0 bridgehead atoms. The number of hydrogen-bond acceptors (Lipinski definition) is 5. The summed E-state index contributed by atoms with van der Waals surface area (Å²) in [4.78, 5) is 13.9. The molecule has 1 N–H and O–H groups in total. The second-order valence-corrected chi connectivity index (χ2v) is 10.2. The van der Waals surface area contributed by atoms with E-state index in [2.05, 4.69) is 4.72 Å². The Labute approximate surface area is 143 Å². The third-order valence-corrected chi connectivity index (χ3v) is 7.30. The molecule has 1 aliphatic heterocycles. The molecular formula is C15H22N2O5S2. The summed E-state index contributed by atoms with van der Waals surface area (Å²) in [6, 6.07) is 5.06. The number of nitrogens with one attached hydrogen (secondary N) is 1. The van der Waals surface area contributed by atoms with Gasteiger partial charge in [0.05, 0.1) is 16.4 Å². The molecule has 0 aromatic heterocycles. The fourth-order valence-electron chi connectivity index (χ4n) is 2.61. The summed E-state index contributed by atoms with van der Waals surface area (Å²) >= 11 is 0. The van der Waals surface area contributed by atoms with Gasteiger partial charge in [0.2, 0.25) is 10.0 Å². The number of sulfone groups is 1. The SMILES string of the molecule is CC(C)NS(=O)(=O)c1ccc(C(=O)N(C)C2CCS(=O)(=O)C2)cc1. The van der Waals surface area contributed by atoms with Crippen LogP contribution in [0.15, 0.2) is 29.2 Å². The van der Waals surface area contributed by atoms with Gasteiger partial charge in [-0.3, -0.25) is 4.79 Å². The maximum atomic E-state index is 12.4. The minimum absolute atomic E-state index is 0.0278. The molecule has 24 heavy (non-hydrogen) atoms. The first kappa shape index (κ1) is 18.9. The van der Waals surface area contributed by atoms with Crippen LogP contribution in [-0.4, -0.2) is 58.3 Å². The van der Waals surface area contributed by atoms with Gasteiger partial charge in [-0.15, -0.1) is 0 Å². The van der Waals surface area contributed by atoms with Gasteiger partial charge in [0, 0.05) is 24.7 Å². The number of nitrogens with zero attached hydrogens (tertiary/aromatic N) is 1. The molecule has 1 aliphatic rings. The molecule has 2 rings (SSSR count). The van der Waals surface area contributed by atoms with Gasteiger partial charge in [0.1, 0.15) is 0 Å². The lowest BCUT2D eigenvalue weighted by Gasteiger charge is -2.23. The zero-order valence-corrected chi connectivity index (χ0v) is 15.5. The van der Waals surface area contributed by atoms with Crippen LogP contribution in [0.2, 0.25) is 0 Å². The summed E-state index contributed by atoms with van der Waals surface area (Å²) in [5, 5.41) is 0. The molecule has 1 amide bonds. The highest BCUT2D eigenvalue weighted by Crippen LogP contribution is 2.19. The van der Waals surface area contributed by atoms with Crippen LogP contribution in [0.3, 0.4) is 0 Å². The summed E-state index contributed by atoms with van der Waals surface area (Å²) in [6.07, 6.45) is 0.426. The van der Waals surface area contributed by atoms with E-state index in [0.717, 1.165) is 0 Å². The molecule has 0 saturated carbocycles. The molecular weight excluding hydrogens is 352 g/mol. The van der Waals surface area contributed by atoms with Gasteiger partial charge >= 0.3 is 0 Å². The van der Waals surface area contributed by atoms with E-state index in [1.54, 1.807) is 20.9 Å². The van der Waals surface area contributed by atoms with Crippen molar-refractivity contribution in [2.75, 3.05) is 18.6 Å². The summed E-state index contributed by atoms with van der Waals surface area (Å²) in [5.74, 6) is -0.259. The molecule has 1 atom stereocenters. The van der Waals surface area contributed by atoms with Crippen LogP contribution in [0.1, 0.15) is 30.6 Å². The Morgan fingerprint density at radius 1 is 1.25 bits per heavy atom. The van der Waals surface area contributed by atoms with E-state index in [-0.39, 0.29) is 34.4 Å². The lowest BCUT2D eigenvalue weighted by Crippen LogP contribution is -2.37. The first-order valence-corrected chi connectivity index (χ1v) is 10.9. The first-order chi connectivity index (χ1) is 11.0. The maximum Gasteiger partial charge on any atom is 0.253 e. The summed E-state index contributed by atoms with van der Waals surface area (Å²) in [5.41, 5.74) is 0.324. The Bertz CT molecular complexity index is 814. The normalized spacial score (nSPS) is 20.2. The van der Waals surface area contributed by atoms with Crippen molar-refractivity contribution in [3.05, 3.63) is 29.8 Å². The van der Waals surface area contributed by atoms with Crippen molar-refractivity contribution >= 4 is 25.8 Å². The lowest BCUT2D eigenvalue weighted by atomic mass is 10.1. The van der Waals surface area contributed by atoms with E-state index in [4.69, 9.17) is 0 Å². The molecule has 1 saturated heterocycles. The number of hydrogen-bond donors (Lipinski definition) is 1. The second kappa shape index (κ2) is 6.81. The Kier molecular flexibility index (Phi) is 5.36. The van der Waals surface area contributed by atoms with Gasteiger partial charge in [-0.05, 0) is 44.5 Å². The largest absolute Gasteiger partial charge is 0.338 e. The van der Waals surface area contributed by atoms with E-state index in [0.29, 0.717) is 12.0 Å². The smallest absolute Gasteiger partial charge is 0.253 e. The number of carbonyl (C=O) groups is 1. The van der Waals surface area contributed by atoms with Crippen LogP contribution < -0.4 is 4.72 Å². The van der Waals surface area contributed by atoms with Gasteiger partial charge in [0.15, 0.2) is 9.84 Å². The number of benzene rings is 1. The van der Waals surface area contributed by atoms with Gasteiger partial charge in [-0.2, -0.15) is 0 Å². The highest BCUT2D eigenvalue weighted by Gasteiger charge is 2.33. The van der Waals surface area contributed by atoms with Crippen LogP contribution in [0, 0.1) is 0 Å². The van der Waals surface area contributed by atoms with Crippen molar-refractivity contribution in [1.29, 1.82) is 0 Å². The molecule has 0 aliphatic carbocycles. The maximum absolute atomic E-state index is 12.4. The molecule has 1 fully saturated rings. The average Bonchev–Trinajstić information content (AvgIpc) is 2.85. The number of carbonyl (C=O) groups excluding carboxylic acids is 1. The molecule has 1 aromatic rings. The van der Waals surface area contributed by atoms with Gasteiger partial charge in [-0.25, -0.2) is 21.6 Å². The highest BCUT2D eigenvalue weighted by molar-refractivity contribution is 7.91. The molecule has 0 radical (unpaired) electrons. The quantitative estimate of drug-likeness (QED) is 0.815. The van der Waals surface area contributed by atoms with Crippen molar-refractivity contribution < 1.29 is 21.6 Å². The third-order valence-electron chi connectivity index (χ3n) is 3.88. The lowest BCUT2D eigenvalue weighted by molar-refractivity contribution is 0.0747. The molecule has 134 valence electrons. The predicted octanol–water partition coefficient (Wildman–Crippen LogP) is 0.632. The van der Waals surface area contributed by atoms with Crippen molar-refractivity contribution in [3.63, 3.8) is 0 Å². The van der Waals surface area contributed by atoms with Crippen LogP contribution >= 0.6 is 0 Å². The molecule has 1 aromatic carbocycles. The van der Waals surface area contributed by atoms with Crippen LogP contribution in [0.4, 0.5) is 0 Å². The van der Waals surface area contributed by atoms with E-state index < -0.39 is 19.9 Å². The molecule has 1 heterocycles. The summed E-state index contributed by atoms with van der Waals surface area (Å²) < 4.78 is 49.7. The van der Waals surface area contributed by atoms with Crippen LogP contribution in [-0.2, 0) is 19.9 Å². The third kappa shape index (κ3) is 4.34. The number of amides is 1. The first-order valence-electron chi connectivity index (χ1n) is 7.62. The topological polar surface area (TPSA) is 101 Å². The zero-order chi connectivity index (χ0) is 18.1. The fraction of sp³-hybridized carbons (Fsp3) is 0.533. The van der Waals surface area contributed by atoms with Gasteiger partial charge in [0.25, 0.3) is 5.91 Å². The standard InChI is InChI=1S/C15H22N2O5S2/c1-11(2)16-24(21,22)14-6-4-12(5-7-14)15(18)17(3)13-8-9-23(19,20)10-13/h4-7,11,13,16H,8-10H2,1-3H3. The Morgan fingerprint density at radius 3 is 2.29 bits per heavy atom. The minimum atomic E-state index is -3.61. The second-order valence-electron chi connectivity index (χ2n) is 6.27. The fourth-order valence-corrected chi connectivity index (χ4v) is 5.63. The Balaban J connectivity index is 2.14. The number of sulfonamides is 1. The summed E-state index contributed by atoms with van der Waals surface area (Å²) in [6.45, 7) is 3.44. The van der Waals surface area contributed by atoms with Crippen LogP contribution in [0.5, 0.6) is 0 Å². The molecule has 1 unspecified atom stereocenters. The Morgan fingerprint density at radius 2 is 1.83 bits per heavy atom. The zero-order valence-electron chi connectivity index (χ0n) is 13.9. The minimum Gasteiger partial charge on any atom is -0.338 e. The molecule has 9 heteroatoms. The van der Waals surface area contributed by atoms with E-state index in [9.17, 15) is 21.6 Å². The molecule has 7 nitrogen and oxygen atoms in total. The van der Waals surface area contributed by atoms with Crippen molar-refractivity contribution in [3.8, 4) is 0 Å². The van der Waals surface area contributed by atoms with Gasteiger partial charge < -0.3 is 4.90 Å². The van der Waals surface area contributed by atoms with E-state index in [1.165, 1.54) is 29.2 Å². The monoisotopic (exact) mass is 374 g/mol. The van der Waals surface area contributed by atoms with Gasteiger partial charge in [-0.1, -0.05) is 0 Å². The van der Waals surface area contributed by atoms with E-state index >= 15 is 0 Å². The summed E-state index contributed by atoms with van der Waals surface area (Å²) in [7, 11) is -5.11. The average molecular weight is 374 g/mol.